The van der Waals surface area contributed by atoms with Crippen LogP contribution in [0.2, 0.25) is 0 Å². The highest BCUT2D eigenvalue weighted by Crippen LogP contribution is 2.35. The highest BCUT2D eigenvalue weighted by molar-refractivity contribution is 5.94. The Morgan fingerprint density at radius 2 is 1.90 bits per heavy atom. The third-order valence-electron chi connectivity index (χ3n) is 6.15. The number of hydrogen-bond acceptors (Lipinski definition) is 3. The lowest BCUT2D eigenvalue weighted by Gasteiger charge is -2.42. The molecule has 2 heterocycles. The fourth-order valence-electron chi connectivity index (χ4n) is 4.41. The highest BCUT2D eigenvalue weighted by Gasteiger charge is 2.36. The Balaban J connectivity index is 1.44. The summed E-state index contributed by atoms with van der Waals surface area (Å²) >= 11 is 0. The number of hydrogen-bond donors (Lipinski definition) is 1. The number of aliphatic hydroxyl groups is 1. The maximum absolute atomic E-state index is 13.3. The average molecular weight is 404 g/mol. The van der Waals surface area contributed by atoms with Crippen LogP contribution in [0.3, 0.4) is 0 Å². The van der Waals surface area contributed by atoms with Gasteiger partial charge in [-0.1, -0.05) is 42.5 Å². The van der Waals surface area contributed by atoms with E-state index in [-0.39, 0.29) is 17.9 Å². The van der Waals surface area contributed by atoms with Crippen LogP contribution in [0.15, 0.2) is 73.1 Å². The zero-order valence-corrected chi connectivity index (χ0v) is 17.3. The number of likely N-dealkylation sites (tertiary alicyclic amines) is 1. The molecule has 1 N–H and O–H groups in total. The van der Waals surface area contributed by atoms with Crippen LogP contribution < -0.4 is 0 Å². The fourth-order valence-corrected chi connectivity index (χ4v) is 4.41. The molecule has 30 heavy (non-hydrogen) atoms. The molecule has 1 saturated heterocycles. The summed E-state index contributed by atoms with van der Waals surface area (Å²) in [6.45, 7) is 2.11. The van der Waals surface area contributed by atoms with Gasteiger partial charge >= 0.3 is 0 Å². The maximum Gasteiger partial charge on any atom is 0.253 e. The number of piperidine rings is 1. The number of carbonyl (C=O) groups is 1. The van der Waals surface area contributed by atoms with E-state index in [4.69, 9.17) is 0 Å². The molecule has 1 aliphatic heterocycles. The number of amides is 1. The molecule has 0 bridgehead atoms. The number of carbonyl (C=O) groups excluding carboxylic acids is 1. The average Bonchev–Trinajstić information content (AvgIpc) is 3.31. The summed E-state index contributed by atoms with van der Waals surface area (Å²) < 4.78 is 1.85. The molecule has 0 spiro atoms. The molecule has 0 unspecified atom stereocenters. The summed E-state index contributed by atoms with van der Waals surface area (Å²) in [5, 5.41) is 14.5. The van der Waals surface area contributed by atoms with Gasteiger partial charge in [0, 0.05) is 36.5 Å². The number of aromatic nitrogens is 2. The van der Waals surface area contributed by atoms with Crippen LogP contribution in [-0.4, -0.2) is 45.4 Å². The minimum atomic E-state index is -0.226. The molecule has 0 radical (unpaired) electrons. The van der Waals surface area contributed by atoms with Crippen molar-refractivity contribution in [3.63, 3.8) is 0 Å². The van der Waals surface area contributed by atoms with Gasteiger partial charge in [0.25, 0.3) is 5.91 Å². The van der Waals surface area contributed by atoms with Crippen molar-refractivity contribution in [2.75, 3.05) is 19.7 Å². The van der Waals surface area contributed by atoms with Crippen LogP contribution in [0.5, 0.6) is 0 Å². The van der Waals surface area contributed by atoms with Gasteiger partial charge in [-0.2, -0.15) is 5.10 Å². The van der Waals surface area contributed by atoms with Crippen LogP contribution in [0.1, 0.15) is 40.7 Å². The monoisotopic (exact) mass is 403 g/mol. The highest BCUT2D eigenvalue weighted by atomic mass is 16.3. The number of benzene rings is 2. The first-order valence-electron chi connectivity index (χ1n) is 10.7. The smallest absolute Gasteiger partial charge is 0.253 e. The van der Waals surface area contributed by atoms with Crippen molar-refractivity contribution in [3.8, 4) is 0 Å². The number of rotatable bonds is 7. The topological polar surface area (TPSA) is 58.4 Å². The summed E-state index contributed by atoms with van der Waals surface area (Å²) in [4.78, 5) is 15.2. The Morgan fingerprint density at radius 3 is 2.67 bits per heavy atom. The van der Waals surface area contributed by atoms with E-state index in [1.807, 2.05) is 64.3 Å². The summed E-state index contributed by atoms with van der Waals surface area (Å²) in [5.41, 5.74) is 2.81. The van der Waals surface area contributed by atoms with E-state index in [9.17, 15) is 9.90 Å². The van der Waals surface area contributed by atoms with Gasteiger partial charge in [0.1, 0.15) is 0 Å². The zero-order chi connectivity index (χ0) is 20.8. The predicted octanol–water partition coefficient (Wildman–Crippen LogP) is 3.78. The van der Waals surface area contributed by atoms with E-state index in [1.54, 1.807) is 6.20 Å². The predicted molar refractivity (Wildman–Crippen MR) is 117 cm³/mol. The molecule has 0 aliphatic carbocycles. The van der Waals surface area contributed by atoms with Crippen LogP contribution in [0.25, 0.3) is 0 Å². The Kier molecular flexibility index (Phi) is 6.29. The molecule has 1 atom stereocenters. The molecular weight excluding hydrogens is 374 g/mol. The van der Waals surface area contributed by atoms with Crippen molar-refractivity contribution >= 4 is 5.91 Å². The standard InChI is InChI=1S/C25H29N3O2/c29-20-25(13-11-21-7-2-1-3-8-21)12-5-15-27(19-25)24(30)23-10-4-9-22(17-23)18-28-16-6-14-26-28/h1-4,6-10,14,16-17,29H,5,11-13,15,18-20H2/t25-/m0/s1. The SMILES string of the molecule is O=C(c1cccc(Cn2cccn2)c1)N1CCC[C@](CO)(CCc2ccccc2)C1. The molecule has 5 heteroatoms. The van der Waals surface area contributed by atoms with E-state index in [0.29, 0.717) is 18.7 Å². The molecule has 4 rings (SSSR count). The lowest BCUT2D eigenvalue weighted by Crippen LogP contribution is -2.48. The van der Waals surface area contributed by atoms with E-state index in [1.165, 1.54) is 5.56 Å². The molecule has 5 nitrogen and oxygen atoms in total. The van der Waals surface area contributed by atoms with Gasteiger partial charge in [0.15, 0.2) is 0 Å². The molecule has 1 fully saturated rings. The molecule has 1 amide bonds. The van der Waals surface area contributed by atoms with Crippen molar-refractivity contribution in [1.29, 1.82) is 0 Å². The second-order valence-electron chi connectivity index (χ2n) is 8.38. The first-order valence-corrected chi connectivity index (χ1v) is 10.7. The largest absolute Gasteiger partial charge is 0.396 e. The second kappa shape index (κ2) is 9.26. The summed E-state index contributed by atoms with van der Waals surface area (Å²) in [6.07, 6.45) is 7.36. The zero-order valence-electron chi connectivity index (χ0n) is 17.3. The molecule has 1 aromatic heterocycles. The maximum atomic E-state index is 13.3. The van der Waals surface area contributed by atoms with E-state index < -0.39 is 0 Å². The summed E-state index contributed by atoms with van der Waals surface area (Å²) in [7, 11) is 0. The molecule has 3 aromatic rings. The Hall–Kier alpha value is -2.92. The van der Waals surface area contributed by atoms with Crippen molar-refractivity contribution < 1.29 is 9.90 Å². The van der Waals surface area contributed by atoms with Crippen LogP contribution in [0.4, 0.5) is 0 Å². The van der Waals surface area contributed by atoms with Crippen molar-refractivity contribution in [2.45, 2.75) is 32.2 Å². The van der Waals surface area contributed by atoms with E-state index >= 15 is 0 Å². The van der Waals surface area contributed by atoms with Crippen LogP contribution in [0, 0.1) is 5.41 Å². The van der Waals surface area contributed by atoms with Gasteiger partial charge < -0.3 is 10.0 Å². The summed E-state index contributed by atoms with van der Waals surface area (Å²) in [5.74, 6) is 0.0505. The van der Waals surface area contributed by atoms with Crippen molar-refractivity contribution in [3.05, 3.63) is 89.7 Å². The minimum Gasteiger partial charge on any atom is -0.396 e. The van der Waals surface area contributed by atoms with Gasteiger partial charge in [0.05, 0.1) is 13.2 Å². The van der Waals surface area contributed by atoms with Crippen molar-refractivity contribution in [2.24, 2.45) is 5.41 Å². The van der Waals surface area contributed by atoms with E-state index in [2.05, 4.69) is 17.2 Å². The lowest BCUT2D eigenvalue weighted by molar-refractivity contribution is 0.0228. The van der Waals surface area contributed by atoms with Crippen LogP contribution >= 0.6 is 0 Å². The molecule has 2 aromatic carbocycles. The summed E-state index contributed by atoms with van der Waals surface area (Å²) in [6, 6.07) is 20.1. The van der Waals surface area contributed by atoms with Gasteiger partial charge in [-0.25, -0.2) is 0 Å². The quantitative estimate of drug-likeness (QED) is 0.653. The number of aryl methyl sites for hydroxylation is 1. The third kappa shape index (κ3) is 4.79. The Morgan fingerprint density at radius 1 is 1.07 bits per heavy atom. The second-order valence-corrected chi connectivity index (χ2v) is 8.38. The molecule has 1 aliphatic rings. The molecule has 156 valence electrons. The van der Waals surface area contributed by atoms with Gasteiger partial charge in [-0.05, 0) is 55.0 Å². The first-order chi connectivity index (χ1) is 14.7. The van der Waals surface area contributed by atoms with Crippen LogP contribution in [-0.2, 0) is 13.0 Å². The van der Waals surface area contributed by atoms with Gasteiger partial charge in [-0.15, -0.1) is 0 Å². The lowest BCUT2D eigenvalue weighted by atomic mass is 9.76. The van der Waals surface area contributed by atoms with Crippen molar-refractivity contribution in [1.82, 2.24) is 14.7 Å². The number of nitrogens with zero attached hydrogens (tertiary/aromatic N) is 3. The first kappa shape index (κ1) is 20.4. The van der Waals surface area contributed by atoms with Gasteiger partial charge in [0.2, 0.25) is 0 Å². The third-order valence-corrected chi connectivity index (χ3v) is 6.15. The fraction of sp³-hybridized carbons (Fsp3) is 0.360. The van der Waals surface area contributed by atoms with E-state index in [0.717, 1.165) is 37.8 Å². The Bertz CT molecular complexity index is 956. The number of aliphatic hydroxyl groups excluding tert-OH is 1. The normalized spacial score (nSPS) is 19.0. The Labute approximate surface area is 178 Å². The van der Waals surface area contributed by atoms with Gasteiger partial charge in [-0.3, -0.25) is 9.48 Å². The molecular formula is C25H29N3O2. The minimum absolute atomic E-state index is 0.0505. The molecule has 0 saturated carbocycles.